The van der Waals surface area contributed by atoms with Crippen molar-refractivity contribution in [2.75, 3.05) is 30.3 Å². The highest BCUT2D eigenvalue weighted by molar-refractivity contribution is 7.92. The molecule has 0 aromatic carbocycles. The summed E-state index contributed by atoms with van der Waals surface area (Å²) < 4.78 is 25.4. The molecule has 0 bridgehead atoms. The Hall–Kier alpha value is -2.06. The van der Waals surface area contributed by atoms with E-state index in [0.717, 1.165) is 25.1 Å². The fourth-order valence-corrected chi connectivity index (χ4v) is 6.08. The van der Waals surface area contributed by atoms with Gasteiger partial charge in [-0.25, -0.2) is 18.4 Å². The summed E-state index contributed by atoms with van der Waals surface area (Å²) in [5.41, 5.74) is 1.12. The number of hydrogen-bond donors (Lipinski definition) is 0. The summed E-state index contributed by atoms with van der Waals surface area (Å²) in [7, 11) is -3.06. The van der Waals surface area contributed by atoms with Gasteiger partial charge in [-0.2, -0.15) is 0 Å². The van der Waals surface area contributed by atoms with Crippen molar-refractivity contribution in [1.82, 2.24) is 19.9 Å². The van der Waals surface area contributed by atoms with Gasteiger partial charge in [0.2, 0.25) is 5.95 Å². The number of sulfone groups is 1. The minimum absolute atomic E-state index is 0.0302. The van der Waals surface area contributed by atoms with Crippen molar-refractivity contribution in [2.45, 2.75) is 30.7 Å². The van der Waals surface area contributed by atoms with Gasteiger partial charge in [-0.05, 0) is 30.5 Å². The first-order valence-electron chi connectivity index (χ1n) is 9.00. The van der Waals surface area contributed by atoms with Crippen molar-refractivity contribution < 1.29 is 8.42 Å². The highest BCUT2D eigenvalue weighted by Crippen LogP contribution is 2.30. The molecule has 2 aliphatic rings. The van der Waals surface area contributed by atoms with Gasteiger partial charge in [0, 0.05) is 57.0 Å². The van der Waals surface area contributed by atoms with Gasteiger partial charge in [0.05, 0.1) is 11.0 Å². The summed E-state index contributed by atoms with van der Waals surface area (Å²) in [4.78, 5) is 17.3. The molecule has 0 N–H and O–H groups in total. The standard InChI is InChI=1S/C18H23N5O2S/c24-26(25)12-11-23(14-15-3-1-6-19-13-15)16-4-9-22(10-5-17(16)26)18-20-7-2-8-21-18/h1-3,6-8,13,16-17H,4-5,9-12,14H2/t16-,17+/m1/s1. The SMILES string of the molecule is O=S1(=O)CCN(Cc2cccnc2)[C@@H]2CCN(c3ncccn3)CC[C@@H]21. The van der Waals surface area contributed by atoms with Gasteiger partial charge in [0.1, 0.15) is 0 Å². The number of fused-ring (bicyclic) bond motifs is 1. The van der Waals surface area contributed by atoms with E-state index in [9.17, 15) is 8.42 Å². The number of nitrogens with zero attached hydrogens (tertiary/aromatic N) is 5. The summed E-state index contributed by atoms with van der Waals surface area (Å²) in [5.74, 6) is 0.915. The van der Waals surface area contributed by atoms with Crippen LogP contribution in [0, 0.1) is 0 Å². The molecule has 2 fully saturated rings. The third-order valence-corrected chi connectivity index (χ3v) is 7.57. The van der Waals surface area contributed by atoms with Gasteiger partial charge in [-0.1, -0.05) is 6.07 Å². The Morgan fingerprint density at radius 2 is 1.85 bits per heavy atom. The lowest BCUT2D eigenvalue weighted by atomic mass is 10.1. The van der Waals surface area contributed by atoms with E-state index in [1.54, 1.807) is 24.7 Å². The van der Waals surface area contributed by atoms with Gasteiger partial charge < -0.3 is 4.90 Å². The monoisotopic (exact) mass is 373 g/mol. The van der Waals surface area contributed by atoms with E-state index in [4.69, 9.17) is 0 Å². The van der Waals surface area contributed by atoms with Crippen molar-refractivity contribution in [3.8, 4) is 0 Å². The maximum Gasteiger partial charge on any atom is 0.225 e. The van der Waals surface area contributed by atoms with E-state index in [1.807, 2.05) is 18.3 Å². The van der Waals surface area contributed by atoms with Crippen molar-refractivity contribution in [3.05, 3.63) is 48.5 Å². The zero-order chi connectivity index (χ0) is 18.0. The molecule has 138 valence electrons. The van der Waals surface area contributed by atoms with Crippen LogP contribution >= 0.6 is 0 Å². The molecular formula is C18H23N5O2S. The molecule has 0 aliphatic carbocycles. The van der Waals surface area contributed by atoms with Crippen molar-refractivity contribution >= 4 is 15.8 Å². The smallest absolute Gasteiger partial charge is 0.225 e. The third kappa shape index (κ3) is 3.57. The van der Waals surface area contributed by atoms with Crippen LogP contribution in [0.3, 0.4) is 0 Å². The average molecular weight is 373 g/mol. The van der Waals surface area contributed by atoms with E-state index in [-0.39, 0.29) is 17.0 Å². The van der Waals surface area contributed by atoms with Gasteiger partial charge in [0.25, 0.3) is 0 Å². The number of aromatic nitrogens is 3. The fraction of sp³-hybridized carbons (Fsp3) is 0.500. The van der Waals surface area contributed by atoms with Crippen LogP contribution in [0.4, 0.5) is 5.95 Å². The molecule has 2 aromatic heterocycles. The molecule has 0 amide bonds. The predicted octanol–water partition coefficient (Wildman–Crippen LogP) is 1.14. The first-order valence-corrected chi connectivity index (χ1v) is 10.7. The summed E-state index contributed by atoms with van der Waals surface area (Å²) in [6.07, 6.45) is 8.49. The Kier molecular flexibility index (Phi) is 4.86. The van der Waals surface area contributed by atoms with E-state index in [0.29, 0.717) is 25.5 Å². The second-order valence-corrected chi connectivity index (χ2v) is 9.26. The average Bonchev–Trinajstić information content (AvgIpc) is 2.90. The molecular weight excluding hydrogens is 350 g/mol. The molecule has 0 spiro atoms. The fourth-order valence-electron chi connectivity index (χ4n) is 4.04. The molecule has 0 radical (unpaired) electrons. The van der Waals surface area contributed by atoms with Crippen LogP contribution in [-0.2, 0) is 16.4 Å². The van der Waals surface area contributed by atoms with Crippen LogP contribution in [0.2, 0.25) is 0 Å². The van der Waals surface area contributed by atoms with Gasteiger partial charge >= 0.3 is 0 Å². The van der Waals surface area contributed by atoms with Crippen LogP contribution in [0.1, 0.15) is 18.4 Å². The lowest BCUT2D eigenvalue weighted by molar-refractivity contribution is 0.175. The Balaban J connectivity index is 1.56. The molecule has 26 heavy (non-hydrogen) atoms. The molecule has 0 saturated carbocycles. The summed E-state index contributed by atoms with van der Waals surface area (Å²) in [5, 5.41) is -0.318. The third-order valence-electron chi connectivity index (χ3n) is 5.34. The highest BCUT2D eigenvalue weighted by atomic mass is 32.2. The first-order chi connectivity index (χ1) is 12.6. The molecule has 2 aromatic rings. The number of rotatable bonds is 3. The normalized spacial score (nSPS) is 26.1. The lowest BCUT2D eigenvalue weighted by Crippen LogP contribution is -2.54. The van der Waals surface area contributed by atoms with E-state index < -0.39 is 9.84 Å². The first kappa shape index (κ1) is 17.4. The molecule has 0 unspecified atom stereocenters. The van der Waals surface area contributed by atoms with Gasteiger partial charge in [0.15, 0.2) is 9.84 Å². The van der Waals surface area contributed by atoms with Crippen LogP contribution in [0.25, 0.3) is 0 Å². The minimum Gasteiger partial charge on any atom is -0.341 e. The molecule has 7 nitrogen and oxygen atoms in total. The lowest BCUT2D eigenvalue weighted by Gasteiger charge is -2.40. The van der Waals surface area contributed by atoms with Crippen LogP contribution in [-0.4, -0.2) is 64.9 Å². The van der Waals surface area contributed by atoms with Gasteiger partial charge in [-0.3, -0.25) is 9.88 Å². The Labute approximate surface area is 154 Å². The maximum atomic E-state index is 12.7. The Morgan fingerprint density at radius 1 is 1.04 bits per heavy atom. The van der Waals surface area contributed by atoms with Crippen LogP contribution < -0.4 is 4.90 Å². The molecule has 4 rings (SSSR count). The quantitative estimate of drug-likeness (QED) is 0.798. The molecule has 4 heterocycles. The number of pyridine rings is 1. The predicted molar refractivity (Wildman–Crippen MR) is 99.5 cm³/mol. The zero-order valence-electron chi connectivity index (χ0n) is 14.6. The minimum atomic E-state index is -3.06. The Morgan fingerprint density at radius 3 is 2.62 bits per heavy atom. The zero-order valence-corrected chi connectivity index (χ0v) is 15.4. The maximum absolute atomic E-state index is 12.7. The summed E-state index contributed by atoms with van der Waals surface area (Å²) in [6, 6.07) is 5.80. The molecule has 8 heteroatoms. The second kappa shape index (κ2) is 7.28. The van der Waals surface area contributed by atoms with E-state index in [2.05, 4.69) is 24.8 Å². The molecule has 2 atom stereocenters. The summed E-state index contributed by atoms with van der Waals surface area (Å²) >= 11 is 0. The number of hydrogen-bond acceptors (Lipinski definition) is 7. The van der Waals surface area contributed by atoms with Crippen molar-refractivity contribution in [1.29, 1.82) is 0 Å². The summed E-state index contributed by atoms with van der Waals surface area (Å²) in [6.45, 7) is 2.77. The topological polar surface area (TPSA) is 79.3 Å². The van der Waals surface area contributed by atoms with Crippen molar-refractivity contribution in [2.24, 2.45) is 0 Å². The van der Waals surface area contributed by atoms with E-state index >= 15 is 0 Å². The van der Waals surface area contributed by atoms with E-state index in [1.165, 1.54) is 0 Å². The highest BCUT2D eigenvalue weighted by Gasteiger charge is 2.42. The van der Waals surface area contributed by atoms with Crippen molar-refractivity contribution in [3.63, 3.8) is 0 Å². The second-order valence-electron chi connectivity index (χ2n) is 6.92. The molecule has 2 saturated heterocycles. The number of anilines is 1. The molecule has 2 aliphatic heterocycles. The Bertz CT molecular complexity index is 831. The largest absolute Gasteiger partial charge is 0.341 e. The van der Waals surface area contributed by atoms with Crippen LogP contribution in [0.15, 0.2) is 43.0 Å². The van der Waals surface area contributed by atoms with Crippen LogP contribution in [0.5, 0.6) is 0 Å². The van der Waals surface area contributed by atoms with Gasteiger partial charge in [-0.15, -0.1) is 0 Å².